The molecule has 0 aliphatic rings. The average molecular weight is 294 g/mol. The summed E-state index contributed by atoms with van der Waals surface area (Å²) in [6.45, 7) is 1.80. The molecule has 5 heteroatoms. The van der Waals surface area contributed by atoms with Crippen LogP contribution < -0.4 is 10.5 Å². The Morgan fingerprint density at radius 3 is 2.64 bits per heavy atom. The van der Waals surface area contributed by atoms with Gasteiger partial charge in [-0.15, -0.1) is 0 Å². The Kier molecular flexibility index (Phi) is 3.62. The number of para-hydroxylation sites is 1. The highest BCUT2D eigenvalue weighted by Crippen LogP contribution is 2.34. The molecule has 0 fully saturated rings. The van der Waals surface area contributed by atoms with Gasteiger partial charge in [-0.2, -0.15) is 0 Å². The van der Waals surface area contributed by atoms with Crippen LogP contribution in [0, 0.1) is 6.92 Å². The minimum atomic E-state index is -0.480. The molecule has 2 aromatic carbocycles. The maximum atomic E-state index is 11.4. The predicted molar refractivity (Wildman–Crippen MR) is 81.7 cm³/mol. The second-order valence-electron chi connectivity index (χ2n) is 4.76. The Hall–Kier alpha value is -3.08. The molecule has 0 bridgehead atoms. The molecule has 110 valence electrons. The summed E-state index contributed by atoms with van der Waals surface area (Å²) in [6.07, 6.45) is 2.99. The third-order valence-corrected chi connectivity index (χ3v) is 3.35. The number of hydrogen-bond acceptors (Lipinski definition) is 4. The number of carbonyl (C=O) groups is 1. The number of rotatable bonds is 4. The van der Waals surface area contributed by atoms with E-state index in [1.807, 2.05) is 24.3 Å². The number of nitrogens with two attached hydrogens (primary N) is 1. The van der Waals surface area contributed by atoms with Crippen molar-refractivity contribution in [1.82, 2.24) is 4.98 Å². The summed E-state index contributed by atoms with van der Waals surface area (Å²) < 4.78 is 11.3. The summed E-state index contributed by atoms with van der Waals surface area (Å²) in [5.41, 5.74) is 7.28. The summed E-state index contributed by atoms with van der Waals surface area (Å²) in [6, 6.07) is 12.7. The Morgan fingerprint density at radius 2 is 1.91 bits per heavy atom. The molecule has 0 saturated heterocycles. The second-order valence-corrected chi connectivity index (χ2v) is 4.76. The van der Waals surface area contributed by atoms with Crippen molar-refractivity contribution in [1.29, 1.82) is 0 Å². The van der Waals surface area contributed by atoms with Crippen LogP contribution in [-0.2, 0) is 0 Å². The van der Waals surface area contributed by atoms with Gasteiger partial charge in [-0.1, -0.05) is 18.2 Å². The van der Waals surface area contributed by atoms with Gasteiger partial charge in [0.1, 0.15) is 11.5 Å². The Balaban J connectivity index is 2.02. The number of nitrogens with zero attached hydrogens (tertiary/aromatic N) is 1. The van der Waals surface area contributed by atoms with Crippen LogP contribution in [0.15, 0.2) is 59.5 Å². The van der Waals surface area contributed by atoms with Crippen molar-refractivity contribution in [3.05, 3.63) is 66.2 Å². The van der Waals surface area contributed by atoms with E-state index in [9.17, 15) is 4.79 Å². The van der Waals surface area contributed by atoms with Crippen LogP contribution in [0.2, 0.25) is 0 Å². The van der Waals surface area contributed by atoms with Gasteiger partial charge in [0.05, 0.1) is 11.8 Å². The third kappa shape index (κ3) is 2.56. The highest BCUT2D eigenvalue weighted by atomic mass is 16.5. The number of carbonyl (C=O) groups excluding carboxylic acids is 1. The van der Waals surface area contributed by atoms with E-state index in [0.29, 0.717) is 28.4 Å². The number of primary amides is 1. The van der Waals surface area contributed by atoms with Crippen molar-refractivity contribution in [3.63, 3.8) is 0 Å². The number of amides is 1. The molecule has 22 heavy (non-hydrogen) atoms. The van der Waals surface area contributed by atoms with Crippen LogP contribution in [0.3, 0.4) is 0 Å². The molecule has 0 radical (unpaired) electrons. The standard InChI is InChI=1S/C17H14N2O3/c1-11-12(17(18)20)6-4-8-14(11)22-15-7-3-2-5-13(15)16-9-19-10-21-16/h2-10H,1H3,(H2,18,20). The lowest BCUT2D eigenvalue weighted by Crippen LogP contribution is -2.12. The highest BCUT2D eigenvalue weighted by Gasteiger charge is 2.13. The summed E-state index contributed by atoms with van der Waals surface area (Å²) in [5.74, 6) is 1.32. The van der Waals surface area contributed by atoms with Gasteiger partial charge in [-0.3, -0.25) is 4.79 Å². The number of oxazole rings is 1. The van der Waals surface area contributed by atoms with Crippen LogP contribution in [0.5, 0.6) is 11.5 Å². The van der Waals surface area contributed by atoms with E-state index in [-0.39, 0.29) is 0 Å². The van der Waals surface area contributed by atoms with E-state index in [2.05, 4.69) is 4.98 Å². The lowest BCUT2D eigenvalue weighted by Gasteiger charge is -2.13. The normalized spacial score (nSPS) is 10.4. The second kappa shape index (κ2) is 5.73. The lowest BCUT2D eigenvalue weighted by atomic mass is 10.1. The Bertz CT molecular complexity index is 811. The number of ether oxygens (including phenoxy) is 1. The molecular weight excluding hydrogens is 280 g/mol. The molecule has 0 aliphatic carbocycles. The van der Waals surface area contributed by atoms with E-state index in [1.165, 1.54) is 6.39 Å². The SMILES string of the molecule is Cc1c(Oc2ccccc2-c2cnco2)cccc1C(N)=O. The zero-order valence-electron chi connectivity index (χ0n) is 11.9. The molecule has 1 amide bonds. The van der Waals surface area contributed by atoms with Crippen LogP contribution in [0.1, 0.15) is 15.9 Å². The van der Waals surface area contributed by atoms with Gasteiger partial charge in [0.2, 0.25) is 5.91 Å². The van der Waals surface area contributed by atoms with Gasteiger partial charge >= 0.3 is 0 Å². The smallest absolute Gasteiger partial charge is 0.249 e. The molecule has 5 nitrogen and oxygen atoms in total. The zero-order chi connectivity index (χ0) is 15.5. The molecule has 1 heterocycles. The van der Waals surface area contributed by atoms with Crippen molar-refractivity contribution >= 4 is 5.91 Å². The van der Waals surface area contributed by atoms with Gasteiger partial charge in [0, 0.05) is 11.1 Å². The Morgan fingerprint density at radius 1 is 1.14 bits per heavy atom. The first-order valence-corrected chi connectivity index (χ1v) is 6.72. The van der Waals surface area contributed by atoms with E-state index < -0.39 is 5.91 Å². The minimum absolute atomic E-state index is 0.439. The third-order valence-electron chi connectivity index (χ3n) is 3.35. The first-order chi connectivity index (χ1) is 10.7. The maximum absolute atomic E-state index is 11.4. The molecule has 0 aliphatic heterocycles. The number of benzene rings is 2. The molecule has 0 unspecified atom stereocenters. The van der Waals surface area contributed by atoms with Gasteiger partial charge in [-0.25, -0.2) is 4.98 Å². The van der Waals surface area contributed by atoms with E-state index >= 15 is 0 Å². The summed E-state index contributed by atoms with van der Waals surface area (Å²) in [4.78, 5) is 15.3. The van der Waals surface area contributed by atoms with E-state index in [0.717, 1.165) is 5.56 Å². The van der Waals surface area contributed by atoms with Crippen molar-refractivity contribution in [2.75, 3.05) is 0 Å². The van der Waals surface area contributed by atoms with Gasteiger partial charge < -0.3 is 14.9 Å². The molecule has 3 rings (SSSR count). The summed E-state index contributed by atoms with van der Waals surface area (Å²) in [7, 11) is 0. The maximum Gasteiger partial charge on any atom is 0.249 e. The molecule has 0 spiro atoms. The average Bonchev–Trinajstić information content (AvgIpc) is 3.04. The van der Waals surface area contributed by atoms with E-state index in [4.69, 9.17) is 14.9 Å². The van der Waals surface area contributed by atoms with Crippen LogP contribution in [-0.4, -0.2) is 10.9 Å². The fourth-order valence-electron chi connectivity index (χ4n) is 2.22. The van der Waals surface area contributed by atoms with Crippen molar-refractivity contribution in [3.8, 4) is 22.8 Å². The van der Waals surface area contributed by atoms with E-state index in [1.54, 1.807) is 31.3 Å². The topological polar surface area (TPSA) is 78.3 Å². The quantitative estimate of drug-likeness (QED) is 0.798. The zero-order valence-corrected chi connectivity index (χ0v) is 11.9. The largest absolute Gasteiger partial charge is 0.456 e. The fourth-order valence-corrected chi connectivity index (χ4v) is 2.22. The minimum Gasteiger partial charge on any atom is -0.456 e. The molecule has 0 atom stereocenters. The first kappa shape index (κ1) is 13.9. The van der Waals surface area contributed by atoms with Gasteiger partial charge in [-0.05, 0) is 31.2 Å². The van der Waals surface area contributed by atoms with Crippen molar-refractivity contribution in [2.24, 2.45) is 5.73 Å². The van der Waals surface area contributed by atoms with Gasteiger partial charge in [0.25, 0.3) is 0 Å². The summed E-state index contributed by atoms with van der Waals surface area (Å²) in [5, 5.41) is 0. The van der Waals surface area contributed by atoms with Gasteiger partial charge in [0.15, 0.2) is 12.2 Å². The summed E-state index contributed by atoms with van der Waals surface area (Å²) >= 11 is 0. The monoisotopic (exact) mass is 294 g/mol. The van der Waals surface area contributed by atoms with Crippen LogP contribution >= 0.6 is 0 Å². The molecule has 1 aromatic heterocycles. The van der Waals surface area contributed by atoms with Crippen LogP contribution in [0.4, 0.5) is 0 Å². The molecule has 0 saturated carbocycles. The molecule has 3 aromatic rings. The first-order valence-electron chi connectivity index (χ1n) is 6.72. The molecule has 2 N–H and O–H groups in total. The number of aromatic nitrogens is 1. The number of hydrogen-bond donors (Lipinski definition) is 1. The predicted octanol–water partition coefficient (Wildman–Crippen LogP) is 3.54. The van der Waals surface area contributed by atoms with Crippen molar-refractivity contribution < 1.29 is 13.9 Å². The van der Waals surface area contributed by atoms with Crippen LogP contribution in [0.25, 0.3) is 11.3 Å². The lowest BCUT2D eigenvalue weighted by molar-refractivity contribution is 0.0999. The fraction of sp³-hybridized carbons (Fsp3) is 0.0588. The van der Waals surface area contributed by atoms with Crippen molar-refractivity contribution in [2.45, 2.75) is 6.92 Å². The Labute approximate surface area is 127 Å². The highest BCUT2D eigenvalue weighted by molar-refractivity contribution is 5.94. The molecular formula is C17H14N2O3.